The van der Waals surface area contributed by atoms with E-state index in [0.29, 0.717) is 13.1 Å². The summed E-state index contributed by atoms with van der Waals surface area (Å²) in [6, 6.07) is 8.42. The first-order valence-corrected chi connectivity index (χ1v) is 6.54. The topological polar surface area (TPSA) is 42.4 Å². The molecule has 110 valence electrons. The van der Waals surface area contributed by atoms with E-state index in [4.69, 9.17) is 0 Å². The smallest absolute Gasteiger partial charge is 0.340 e. The number of aromatic nitrogens is 1. The van der Waals surface area contributed by atoms with E-state index < -0.39 is 11.8 Å². The fourth-order valence-corrected chi connectivity index (χ4v) is 2.10. The van der Waals surface area contributed by atoms with Crippen molar-refractivity contribution in [1.82, 2.24) is 9.88 Å². The van der Waals surface area contributed by atoms with Crippen LogP contribution in [0.5, 0.6) is 0 Å². The first-order valence-electron chi connectivity index (χ1n) is 6.54. The van der Waals surface area contributed by atoms with Crippen molar-refractivity contribution in [2.45, 2.75) is 13.1 Å². The fraction of sp³-hybridized carbons (Fsp3) is 0.250. The van der Waals surface area contributed by atoms with E-state index >= 15 is 0 Å². The highest BCUT2D eigenvalue weighted by Crippen LogP contribution is 2.14. The van der Waals surface area contributed by atoms with Gasteiger partial charge >= 0.3 is 5.97 Å². The lowest BCUT2D eigenvalue weighted by atomic mass is 10.1. The maximum absolute atomic E-state index is 13.8. The van der Waals surface area contributed by atoms with Crippen molar-refractivity contribution in [2.75, 3.05) is 14.2 Å². The Labute approximate surface area is 123 Å². The number of nitrogens with zero attached hydrogens (tertiary/aromatic N) is 2. The van der Waals surface area contributed by atoms with Gasteiger partial charge in [0, 0.05) is 25.5 Å². The van der Waals surface area contributed by atoms with Gasteiger partial charge in [0.15, 0.2) is 0 Å². The molecular formula is C16H17FN2O2. The molecule has 0 unspecified atom stereocenters. The predicted octanol–water partition coefficient (Wildman–Crippen LogP) is 2.64. The first-order chi connectivity index (χ1) is 10.1. The minimum atomic E-state index is -0.664. The van der Waals surface area contributed by atoms with E-state index in [1.54, 1.807) is 18.5 Å². The van der Waals surface area contributed by atoms with Crippen LogP contribution in [0.4, 0.5) is 4.39 Å². The summed E-state index contributed by atoms with van der Waals surface area (Å²) >= 11 is 0. The summed E-state index contributed by atoms with van der Waals surface area (Å²) < 4.78 is 18.4. The number of halogens is 1. The molecule has 0 fully saturated rings. The maximum atomic E-state index is 13.8. The Morgan fingerprint density at radius 1 is 1.29 bits per heavy atom. The Morgan fingerprint density at radius 2 is 2.05 bits per heavy atom. The molecule has 0 atom stereocenters. The molecule has 4 nitrogen and oxygen atoms in total. The molecule has 0 saturated heterocycles. The number of pyridine rings is 1. The van der Waals surface area contributed by atoms with E-state index in [-0.39, 0.29) is 5.56 Å². The summed E-state index contributed by atoms with van der Waals surface area (Å²) in [5.74, 6) is -1.23. The van der Waals surface area contributed by atoms with E-state index in [9.17, 15) is 9.18 Å². The quantitative estimate of drug-likeness (QED) is 0.793. The van der Waals surface area contributed by atoms with Crippen molar-refractivity contribution in [2.24, 2.45) is 0 Å². The molecule has 2 rings (SSSR count). The van der Waals surface area contributed by atoms with Crippen LogP contribution in [0.25, 0.3) is 0 Å². The Bertz CT molecular complexity index is 617. The van der Waals surface area contributed by atoms with E-state index in [2.05, 4.69) is 9.72 Å². The molecule has 0 N–H and O–H groups in total. The minimum absolute atomic E-state index is 0.0452. The van der Waals surface area contributed by atoms with Crippen LogP contribution in [0.3, 0.4) is 0 Å². The highest BCUT2D eigenvalue weighted by Gasteiger charge is 2.12. The molecule has 0 radical (unpaired) electrons. The molecule has 0 bridgehead atoms. The van der Waals surface area contributed by atoms with Crippen molar-refractivity contribution in [1.29, 1.82) is 0 Å². The van der Waals surface area contributed by atoms with Gasteiger partial charge in [0.25, 0.3) is 0 Å². The van der Waals surface area contributed by atoms with Crippen LogP contribution < -0.4 is 0 Å². The average molecular weight is 288 g/mol. The number of methoxy groups -OCH3 is 1. The normalized spacial score (nSPS) is 10.7. The van der Waals surface area contributed by atoms with Crippen LogP contribution in [-0.4, -0.2) is 30.0 Å². The molecule has 0 spiro atoms. The van der Waals surface area contributed by atoms with Crippen LogP contribution in [-0.2, 0) is 17.8 Å². The van der Waals surface area contributed by atoms with Crippen molar-refractivity contribution in [3.05, 3.63) is 65.2 Å². The second-order valence-corrected chi connectivity index (χ2v) is 4.84. The fourth-order valence-electron chi connectivity index (χ4n) is 2.10. The number of hydrogen-bond acceptors (Lipinski definition) is 4. The molecule has 1 heterocycles. The van der Waals surface area contributed by atoms with Crippen molar-refractivity contribution in [3.8, 4) is 0 Å². The monoisotopic (exact) mass is 288 g/mol. The molecule has 0 saturated carbocycles. The van der Waals surface area contributed by atoms with Gasteiger partial charge in [0.2, 0.25) is 0 Å². The van der Waals surface area contributed by atoms with Crippen LogP contribution >= 0.6 is 0 Å². The molecule has 21 heavy (non-hydrogen) atoms. The second kappa shape index (κ2) is 6.95. The predicted molar refractivity (Wildman–Crippen MR) is 77.1 cm³/mol. The van der Waals surface area contributed by atoms with Crippen LogP contribution in [0.2, 0.25) is 0 Å². The molecule has 0 aliphatic carbocycles. The van der Waals surface area contributed by atoms with Gasteiger partial charge in [-0.25, -0.2) is 9.18 Å². The zero-order valence-corrected chi connectivity index (χ0v) is 12.0. The van der Waals surface area contributed by atoms with Crippen molar-refractivity contribution < 1.29 is 13.9 Å². The van der Waals surface area contributed by atoms with Gasteiger partial charge in [-0.15, -0.1) is 0 Å². The largest absolute Gasteiger partial charge is 0.465 e. The number of rotatable bonds is 5. The molecule has 1 aromatic carbocycles. The highest BCUT2D eigenvalue weighted by molar-refractivity contribution is 5.89. The van der Waals surface area contributed by atoms with Gasteiger partial charge in [-0.2, -0.15) is 0 Å². The standard InChI is InChI=1S/C16H17FN2O2/c1-19(11-13-4-3-7-18-9-13)10-12-5-6-14(15(17)8-12)16(20)21-2/h3-9H,10-11H2,1-2H3. The van der Waals surface area contributed by atoms with E-state index in [1.807, 2.05) is 24.1 Å². The zero-order valence-electron chi connectivity index (χ0n) is 12.0. The minimum Gasteiger partial charge on any atom is -0.465 e. The Hall–Kier alpha value is -2.27. The third kappa shape index (κ3) is 4.10. The summed E-state index contributed by atoms with van der Waals surface area (Å²) in [5.41, 5.74) is 1.84. The Balaban J connectivity index is 2.03. The molecule has 2 aromatic rings. The number of carbonyl (C=O) groups excluding carboxylic acids is 1. The van der Waals surface area contributed by atoms with Crippen molar-refractivity contribution in [3.63, 3.8) is 0 Å². The Kier molecular flexibility index (Phi) is 5.00. The molecule has 0 aliphatic rings. The van der Waals surface area contributed by atoms with Crippen LogP contribution in [0.15, 0.2) is 42.7 Å². The Morgan fingerprint density at radius 3 is 2.67 bits per heavy atom. The van der Waals surface area contributed by atoms with Crippen molar-refractivity contribution >= 4 is 5.97 Å². The molecule has 0 aliphatic heterocycles. The number of benzene rings is 1. The van der Waals surface area contributed by atoms with Gasteiger partial charge < -0.3 is 4.74 Å². The van der Waals surface area contributed by atoms with Crippen LogP contribution in [0.1, 0.15) is 21.5 Å². The first kappa shape index (κ1) is 15.1. The second-order valence-electron chi connectivity index (χ2n) is 4.84. The number of esters is 1. The summed E-state index contributed by atoms with van der Waals surface area (Å²) in [6.07, 6.45) is 3.53. The molecule has 0 amide bonds. The summed E-state index contributed by atoms with van der Waals surface area (Å²) in [7, 11) is 3.18. The number of carbonyl (C=O) groups is 1. The number of ether oxygens (including phenoxy) is 1. The van der Waals surface area contributed by atoms with E-state index in [0.717, 1.165) is 11.1 Å². The molecule has 1 aromatic heterocycles. The molecular weight excluding hydrogens is 271 g/mol. The van der Waals surface area contributed by atoms with Gasteiger partial charge in [0.05, 0.1) is 12.7 Å². The van der Waals surface area contributed by atoms with Gasteiger partial charge in [0.1, 0.15) is 5.82 Å². The maximum Gasteiger partial charge on any atom is 0.340 e. The lowest BCUT2D eigenvalue weighted by Crippen LogP contribution is -2.17. The highest BCUT2D eigenvalue weighted by atomic mass is 19.1. The van der Waals surface area contributed by atoms with Gasteiger partial charge in [-0.1, -0.05) is 12.1 Å². The lowest BCUT2D eigenvalue weighted by molar-refractivity contribution is 0.0595. The third-order valence-electron chi connectivity index (χ3n) is 3.07. The summed E-state index contributed by atoms with van der Waals surface area (Å²) in [5, 5.41) is 0. The molecule has 5 heteroatoms. The lowest BCUT2D eigenvalue weighted by Gasteiger charge is -2.17. The van der Waals surface area contributed by atoms with Gasteiger partial charge in [-0.3, -0.25) is 9.88 Å². The van der Waals surface area contributed by atoms with E-state index in [1.165, 1.54) is 19.2 Å². The third-order valence-corrected chi connectivity index (χ3v) is 3.07. The average Bonchev–Trinajstić information content (AvgIpc) is 2.47. The zero-order chi connectivity index (χ0) is 15.2. The van der Waals surface area contributed by atoms with Crippen LogP contribution in [0, 0.1) is 5.82 Å². The number of hydrogen-bond donors (Lipinski definition) is 0. The SMILES string of the molecule is COC(=O)c1ccc(CN(C)Cc2cccnc2)cc1F. The van der Waals surface area contributed by atoms with Gasteiger partial charge in [-0.05, 0) is 36.4 Å². The summed E-state index contributed by atoms with van der Waals surface area (Å²) in [4.78, 5) is 17.4. The summed E-state index contributed by atoms with van der Waals surface area (Å²) in [6.45, 7) is 1.29.